The molecule has 3 aromatic rings. The van der Waals surface area contributed by atoms with Crippen LogP contribution in [0.5, 0.6) is 5.88 Å². The normalized spacial score (nSPS) is 20.4. The van der Waals surface area contributed by atoms with Gasteiger partial charge in [-0.05, 0) is 53.9 Å². The van der Waals surface area contributed by atoms with E-state index >= 15 is 0 Å². The number of carboxylic acid groups (broad SMARTS) is 1. The molecule has 2 atom stereocenters. The van der Waals surface area contributed by atoms with E-state index in [0.717, 1.165) is 11.1 Å². The van der Waals surface area contributed by atoms with Crippen LogP contribution in [-0.2, 0) is 11.2 Å². The number of carboxylic acids is 1. The molecule has 1 spiro atoms. The third-order valence-electron chi connectivity index (χ3n) is 8.63. The number of nitrogens with zero attached hydrogens (tertiary/aromatic N) is 3. The Morgan fingerprint density at radius 1 is 1.09 bits per heavy atom. The van der Waals surface area contributed by atoms with Crippen LogP contribution in [0.4, 0.5) is 24.9 Å². The van der Waals surface area contributed by atoms with E-state index in [1.807, 2.05) is 11.0 Å². The number of carbonyl (C=O) groups is 2. The van der Waals surface area contributed by atoms with E-state index in [1.54, 1.807) is 24.3 Å². The van der Waals surface area contributed by atoms with Gasteiger partial charge < -0.3 is 31.1 Å². The van der Waals surface area contributed by atoms with Crippen molar-refractivity contribution in [2.45, 2.75) is 44.0 Å². The molecule has 1 amide bonds. The molecule has 0 aliphatic carbocycles. The number of ether oxygens (including phenoxy) is 1. The van der Waals surface area contributed by atoms with Crippen LogP contribution in [0, 0.1) is 5.41 Å². The molecule has 5 N–H and O–H groups in total. The van der Waals surface area contributed by atoms with Gasteiger partial charge in [0.25, 0.3) is 5.91 Å². The lowest BCUT2D eigenvalue weighted by molar-refractivity contribution is -0.198. The minimum absolute atomic E-state index is 0.103. The average Bonchev–Trinajstić information content (AvgIpc) is 3.39. The van der Waals surface area contributed by atoms with Crippen molar-refractivity contribution in [1.29, 1.82) is 0 Å². The third kappa shape index (κ3) is 5.94. The van der Waals surface area contributed by atoms with Crippen LogP contribution >= 0.6 is 0 Å². The molecular weight excluding hydrogens is 565 g/mol. The molecule has 2 saturated heterocycles. The maximum atomic E-state index is 14.3. The highest BCUT2D eigenvalue weighted by molar-refractivity contribution is 5.97. The fourth-order valence-corrected chi connectivity index (χ4v) is 6.24. The molecule has 2 aromatic carbocycles. The monoisotopic (exact) mass is 596 g/mol. The summed E-state index contributed by atoms with van der Waals surface area (Å²) in [5, 5.41) is 15.2. The maximum Gasteiger partial charge on any atom is 0.429 e. The number of hydrogen-bond donors (Lipinski definition) is 4. The Hall–Kier alpha value is -4.39. The fourth-order valence-electron chi connectivity index (χ4n) is 6.24. The number of carbonyl (C=O) groups excluding carboxylic acids is 1. The molecule has 10 nitrogen and oxygen atoms in total. The summed E-state index contributed by atoms with van der Waals surface area (Å²) in [6.07, 6.45) is -4.40. The summed E-state index contributed by atoms with van der Waals surface area (Å²) in [5.74, 6) is -1.15. The standard InChI is InChI=1S/C30H31F3N6O4/c31-30(32,33)25(18-3-1-17(2-4-18)19-5-6-21-20(13-19)7-10-35-26(21)40)43-24-14-23(37-28(34)38-24)39-11-8-29(9-12-39)15-22(27(41)42)36-16-29/h1-6,13-14,22,25,36H,7-12,15-16H2,(H,35,40)(H,41,42)(H2,34,37,38)/t22-,25?/m0/s1. The number of nitrogens with one attached hydrogen (secondary N) is 2. The largest absolute Gasteiger partial charge is 0.480 e. The van der Waals surface area contributed by atoms with Gasteiger partial charge in [-0.15, -0.1) is 0 Å². The highest BCUT2D eigenvalue weighted by atomic mass is 19.4. The number of aliphatic carboxylic acids is 1. The molecule has 6 rings (SSSR count). The third-order valence-corrected chi connectivity index (χ3v) is 8.63. The number of anilines is 2. The predicted molar refractivity (Wildman–Crippen MR) is 152 cm³/mol. The Kier molecular flexibility index (Phi) is 7.36. The van der Waals surface area contributed by atoms with Gasteiger partial charge in [0, 0.05) is 43.4 Å². The maximum absolute atomic E-state index is 14.3. The number of nitrogens with two attached hydrogens (primary N) is 1. The van der Waals surface area contributed by atoms with E-state index in [2.05, 4.69) is 20.6 Å². The first-order valence-corrected chi connectivity index (χ1v) is 14.1. The second-order valence-corrected chi connectivity index (χ2v) is 11.4. The number of fused-ring (bicyclic) bond motifs is 1. The number of amides is 1. The van der Waals surface area contributed by atoms with Gasteiger partial charge in [-0.2, -0.15) is 23.1 Å². The molecule has 3 aliphatic heterocycles. The van der Waals surface area contributed by atoms with Crippen molar-refractivity contribution in [2.75, 3.05) is 36.8 Å². The first kappa shape index (κ1) is 28.7. The van der Waals surface area contributed by atoms with Crippen molar-refractivity contribution in [1.82, 2.24) is 20.6 Å². The molecule has 1 aromatic heterocycles. The van der Waals surface area contributed by atoms with Gasteiger partial charge in [0.15, 0.2) is 0 Å². The van der Waals surface area contributed by atoms with Gasteiger partial charge in [-0.3, -0.25) is 9.59 Å². The lowest BCUT2D eigenvalue weighted by Crippen LogP contribution is -2.41. The number of piperidine rings is 1. The van der Waals surface area contributed by atoms with Crippen LogP contribution in [0.3, 0.4) is 0 Å². The van der Waals surface area contributed by atoms with Crippen LogP contribution in [0.2, 0.25) is 0 Å². The second-order valence-electron chi connectivity index (χ2n) is 11.4. The minimum atomic E-state index is -4.74. The Balaban J connectivity index is 1.18. The van der Waals surface area contributed by atoms with Crippen LogP contribution in [0.1, 0.15) is 46.9 Å². The van der Waals surface area contributed by atoms with Crippen molar-refractivity contribution in [3.05, 3.63) is 65.2 Å². The van der Waals surface area contributed by atoms with Gasteiger partial charge in [0.1, 0.15) is 11.9 Å². The van der Waals surface area contributed by atoms with Gasteiger partial charge in [-0.1, -0.05) is 36.4 Å². The second kappa shape index (κ2) is 11.0. The summed E-state index contributed by atoms with van der Waals surface area (Å²) in [5.41, 5.74) is 8.65. The Labute approximate surface area is 245 Å². The van der Waals surface area contributed by atoms with Crippen LogP contribution < -0.4 is 26.0 Å². The summed E-state index contributed by atoms with van der Waals surface area (Å²) < 4.78 is 48.2. The van der Waals surface area contributed by atoms with E-state index in [-0.39, 0.29) is 28.7 Å². The first-order chi connectivity index (χ1) is 20.5. The number of hydrogen-bond acceptors (Lipinski definition) is 8. The minimum Gasteiger partial charge on any atom is -0.480 e. The lowest BCUT2D eigenvalue weighted by Gasteiger charge is -2.39. The molecule has 226 valence electrons. The zero-order chi connectivity index (χ0) is 30.4. The molecule has 0 saturated carbocycles. The van der Waals surface area contributed by atoms with Gasteiger partial charge in [-0.25, -0.2) is 0 Å². The number of nitrogen functional groups attached to an aromatic ring is 1. The van der Waals surface area contributed by atoms with Crippen molar-refractivity contribution in [2.24, 2.45) is 5.41 Å². The molecule has 0 radical (unpaired) electrons. The van der Waals surface area contributed by atoms with E-state index in [9.17, 15) is 27.9 Å². The Bertz CT molecular complexity index is 1540. The van der Waals surface area contributed by atoms with Gasteiger partial charge >= 0.3 is 12.1 Å². The predicted octanol–water partition coefficient (Wildman–Crippen LogP) is 3.73. The van der Waals surface area contributed by atoms with Crippen LogP contribution in [0.25, 0.3) is 11.1 Å². The summed E-state index contributed by atoms with van der Waals surface area (Å²) in [4.78, 5) is 33.5. The topological polar surface area (TPSA) is 143 Å². The number of aromatic nitrogens is 2. The molecule has 1 unspecified atom stereocenters. The highest BCUT2D eigenvalue weighted by Crippen LogP contribution is 2.41. The van der Waals surface area contributed by atoms with E-state index in [0.29, 0.717) is 68.8 Å². The molecule has 2 fully saturated rings. The summed E-state index contributed by atoms with van der Waals surface area (Å²) in [7, 11) is 0. The van der Waals surface area contributed by atoms with Crippen LogP contribution in [0.15, 0.2) is 48.5 Å². The average molecular weight is 597 g/mol. The Morgan fingerprint density at radius 2 is 1.81 bits per heavy atom. The van der Waals surface area contributed by atoms with Crippen molar-refractivity contribution >= 4 is 23.6 Å². The summed E-state index contributed by atoms with van der Waals surface area (Å²) in [6.45, 7) is 2.23. The fraction of sp³-hybridized carbons (Fsp3) is 0.400. The zero-order valence-corrected chi connectivity index (χ0v) is 23.2. The van der Waals surface area contributed by atoms with Gasteiger partial charge in [0.2, 0.25) is 17.9 Å². The summed E-state index contributed by atoms with van der Waals surface area (Å²) >= 11 is 0. The molecular formula is C30H31F3N6O4. The molecule has 4 heterocycles. The highest BCUT2D eigenvalue weighted by Gasteiger charge is 2.45. The van der Waals surface area contributed by atoms with E-state index < -0.39 is 24.3 Å². The quantitative estimate of drug-likeness (QED) is 0.335. The molecule has 43 heavy (non-hydrogen) atoms. The van der Waals surface area contributed by atoms with E-state index in [4.69, 9.17) is 10.5 Å². The lowest BCUT2D eigenvalue weighted by atomic mass is 9.76. The van der Waals surface area contributed by atoms with Crippen molar-refractivity contribution < 1.29 is 32.6 Å². The zero-order valence-electron chi connectivity index (χ0n) is 23.2. The van der Waals surface area contributed by atoms with Gasteiger partial charge in [0.05, 0.1) is 0 Å². The number of alkyl halides is 3. The number of halogens is 3. The van der Waals surface area contributed by atoms with Crippen LogP contribution in [-0.4, -0.2) is 65.3 Å². The molecule has 3 aliphatic rings. The first-order valence-electron chi connectivity index (χ1n) is 14.1. The SMILES string of the molecule is Nc1nc(OC(c2ccc(-c3ccc4c(c3)CCNC4=O)cc2)C(F)(F)F)cc(N2CCC3(CC2)CN[C@H](C(=O)O)C3)n1. The smallest absolute Gasteiger partial charge is 0.429 e. The molecule has 0 bridgehead atoms. The van der Waals surface area contributed by atoms with E-state index in [1.165, 1.54) is 18.2 Å². The Morgan fingerprint density at radius 3 is 2.49 bits per heavy atom. The van der Waals surface area contributed by atoms with Crippen molar-refractivity contribution in [3.8, 4) is 17.0 Å². The molecule has 13 heteroatoms. The van der Waals surface area contributed by atoms with Crippen molar-refractivity contribution in [3.63, 3.8) is 0 Å². The number of rotatable bonds is 6. The summed E-state index contributed by atoms with van der Waals surface area (Å²) in [6, 6.07) is 12.1. The number of benzene rings is 2.